The molecule has 1 atom stereocenters. The first-order chi connectivity index (χ1) is 11.2. The Morgan fingerprint density at radius 1 is 1.17 bits per heavy atom. The molecule has 0 spiro atoms. The first-order valence-electron chi connectivity index (χ1n) is 8.40. The van der Waals surface area contributed by atoms with Crippen LogP contribution in [0.15, 0.2) is 24.3 Å². The molecule has 2 heterocycles. The third-order valence-electron chi connectivity index (χ3n) is 4.82. The number of ether oxygens (including phenoxy) is 1. The van der Waals surface area contributed by atoms with E-state index in [9.17, 15) is 9.59 Å². The summed E-state index contributed by atoms with van der Waals surface area (Å²) in [5.74, 6) is 1.01. The van der Waals surface area contributed by atoms with Crippen molar-refractivity contribution in [3.8, 4) is 5.75 Å². The van der Waals surface area contributed by atoms with Crippen LogP contribution >= 0.6 is 0 Å². The number of nitrogens with zero attached hydrogens (tertiary/aromatic N) is 2. The highest BCUT2D eigenvalue weighted by Crippen LogP contribution is 2.33. The normalized spacial score (nSPS) is 21.6. The molecular formula is C18H24N2O3. The Labute approximate surface area is 137 Å². The zero-order valence-electron chi connectivity index (χ0n) is 13.7. The van der Waals surface area contributed by atoms with E-state index in [2.05, 4.69) is 0 Å². The van der Waals surface area contributed by atoms with Gasteiger partial charge in [0.15, 0.2) is 0 Å². The van der Waals surface area contributed by atoms with E-state index >= 15 is 0 Å². The number of carbonyl (C=O) groups is 2. The zero-order valence-corrected chi connectivity index (χ0v) is 13.7. The van der Waals surface area contributed by atoms with Crippen LogP contribution in [0.5, 0.6) is 5.75 Å². The third-order valence-corrected chi connectivity index (χ3v) is 4.82. The summed E-state index contributed by atoms with van der Waals surface area (Å²) in [5.41, 5.74) is 1.14. The van der Waals surface area contributed by atoms with E-state index in [1.54, 1.807) is 12.0 Å². The highest BCUT2D eigenvalue weighted by Gasteiger charge is 2.31. The first-order valence-corrected chi connectivity index (χ1v) is 8.40. The lowest BCUT2D eigenvalue weighted by molar-refractivity contribution is -0.142. The van der Waals surface area contributed by atoms with Crippen LogP contribution in [0.4, 0.5) is 0 Å². The number of carbonyl (C=O) groups excluding carboxylic acids is 2. The van der Waals surface area contributed by atoms with Crippen LogP contribution < -0.4 is 4.74 Å². The van der Waals surface area contributed by atoms with Crippen molar-refractivity contribution in [1.29, 1.82) is 0 Å². The van der Waals surface area contributed by atoms with Crippen LogP contribution in [0.25, 0.3) is 0 Å². The second kappa shape index (κ2) is 7.02. The molecule has 0 saturated carbocycles. The molecule has 0 aliphatic carbocycles. The Hall–Kier alpha value is -2.04. The van der Waals surface area contributed by atoms with Crippen molar-refractivity contribution in [1.82, 2.24) is 9.80 Å². The molecule has 3 rings (SSSR count). The summed E-state index contributed by atoms with van der Waals surface area (Å²) >= 11 is 0. The minimum Gasteiger partial charge on any atom is -0.497 e. The molecule has 1 aromatic rings. The van der Waals surface area contributed by atoms with Gasteiger partial charge in [-0.05, 0) is 43.4 Å². The number of rotatable bonds is 4. The van der Waals surface area contributed by atoms with Gasteiger partial charge in [0, 0.05) is 19.5 Å². The van der Waals surface area contributed by atoms with Crippen molar-refractivity contribution in [2.45, 2.75) is 38.1 Å². The molecule has 2 saturated heterocycles. The molecule has 5 nitrogen and oxygen atoms in total. The lowest BCUT2D eigenvalue weighted by Gasteiger charge is -2.31. The predicted octanol–water partition coefficient (Wildman–Crippen LogP) is 2.37. The second-order valence-electron chi connectivity index (χ2n) is 6.29. The fraction of sp³-hybridized carbons (Fsp3) is 0.556. The predicted molar refractivity (Wildman–Crippen MR) is 87.1 cm³/mol. The molecule has 23 heavy (non-hydrogen) atoms. The highest BCUT2D eigenvalue weighted by molar-refractivity contribution is 5.85. The molecule has 1 unspecified atom stereocenters. The molecule has 0 N–H and O–H groups in total. The van der Waals surface area contributed by atoms with Gasteiger partial charge >= 0.3 is 0 Å². The summed E-state index contributed by atoms with van der Waals surface area (Å²) in [7, 11) is 1.65. The van der Waals surface area contributed by atoms with Crippen molar-refractivity contribution in [2.75, 3.05) is 26.7 Å². The Kier molecular flexibility index (Phi) is 4.84. The van der Waals surface area contributed by atoms with Crippen molar-refractivity contribution in [3.05, 3.63) is 29.8 Å². The standard InChI is InChI=1S/C18H24N2O3/c1-23-15-9-7-14(8-10-15)16-5-4-12-20(16)18(22)13-19-11-3-2-6-17(19)21/h7-10,16H,2-6,11-13H2,1H3. The average molecular weight is 316 g/mol. The van der Waals surface area contributed by atoms with Crippen LogP contribution in [0.2, 0.25) is 0 Å². The van der Waals surface area contributed by atoms with E-state index in [1.807, 2.05) is 29.2 Å². The summed E-state index contributed by atoms with van der Waals surface area (Å²) < 4.78 is 5.19. The molecule has 0 radical (unpaired) electrons. The molecule has 124 valence electrons. The number of piperidine rings is 1. The molecule has 0 bridgehead atoms. The minimum atomic E-state index is 0.0681. The van der Waals surface area contributed by atoms with Crippen LogP contribution in [-0.4, -0.2) is 48.4 Å². The summed E-state index contributed by atoms with van der Waals surface area (Å²) in [5, 5.41) is 0. The maximum absolute atomic E-state index is 12.7. The minimum absolute atomic E-state index is 0.0681. The summed E-state index contributed by atoms with van der Waals surface area (Å²) in [4.78, 5) is 28.2. The Morgan fingerprint density at radius 2 is 1.96 bits per heavy atom. The zero-order chi connectivity index (χ0) is 16.2. The maximum atomic E-state index is 12.7. The van der Waals surface area contributed by atoms with Gasteiger partial charge in [-0.15, -0.1) is 0 Å². The van der Waals surface area contributed by atoms with Crippen molar-refractivity contribution in [3.63, 3.8) is 0 Å². The van der Waals surface area contributed by atoms with E-state index in [0.717, 1.165) is 43.5 Å². The summed E-state index contributed by atoms with van der Waals surface area (Å²) in [6.07, 6.45) is 4.51. The number of likely N-dealkylation sites (tertiary alicyclic amines) is 2. The van der Waals surface area contributed by atoms with E-state index in [-0.39, 0.29) is 24.4 Å². The van der Waals surface area contributed by atoms with E-state index in [1.165, 1.54) is 0 Å². The van der Waals surface area contributed by atoms with Gasteiger partial charge < -0.3 is 14.5 Å². The van der Waals surface area contributed by atoms with Crippen molar-refractivity contribution in [2.24, 2.45) is 0 Å². The van der Waals surface area contributed by atoms with Crippen LogP contribution in [0.3, 0.4) is 0 Å². The smallest absolute Gasteiger partial charge is 0.242 e. The van der Waals surface area contributed by atoms with Gasteiger partial charge in [0.05, 0.1) is 19.7 Å². The molecular weight excluding hydrogens is 292 g/mol. The molecule has 2 amide bonds. The second-order valence-corrected chi connectivity index (χ2v) is 6.29. The third kappa shape index (κ3) is 3.49. The van der Waals surface area contributed by atoms with Gasteiger partial charge in [-0.2, -0.15) is 0 Å². The lowest BCUT2D eigenvalue weighted by Crippen LogP contribution is -2.44. The van der Waals surface area contributed by atoms with Gasteiger partial charge in [0.25, 0.3) is 0 Å². The average Bonchev–Trinajstić information content (AvgIpc) is 3.07. The quantitative estimate of drug-likeness (QED) is 0.857. The Bertz CT molecular complexity index is 570. The monoisotopic (exact) mass is 316 g/mol. The number of amides is 2. The number of methoxy groups -OCH3 is 1. The number of hydrogen-bond acceptors (Lipinski definition) is 3. The number of benzene rings is 1. The van der Waals surface area contributed by atoms with Gasteiger partial charge in [-0.25, -0.2) is 0 Å². The molecule has 1 aromatic carbocycles. The first kappa shape index (κ1) is 15.8. The van der Waals surface area contributed by atoms with Gasteiger partial charge in [-0.1, -0.05) is 12.1 Å². The fourth-order valence-corrected chi connectivity index (χ4v) is 3.52. The van der Waals surface area contributed by atoms with Gasteiger partial charge in [0.2, 0.25) is 11.8 Å². The molecule has 2 aliphatic rings. The van der Waals surface area contributed by atoms with Crippen molar-refractivity contribution >= 4 is 11.8 Å². The molecule has 2 aliphatic heterocycles. The fourth-order valence-electron chi connectivity index (χ4n) is 3.52. The molecule has 0 aromatic heterocycles. The Morgan fingerprint density at radius 3 is 2.65 bits per heavy atom. The SMILES string of the molecule is COc1ccc(C2CCCN2C(=O)CN2CCCCC2=O)cc1. The van der Waals surface area contributed by atoms with Crippen LogP contribution in [0.1, 0.15) is 43.7 Å². The largest absolute Gasteiger partial charge is 0.497 e. The Balaban J connectivity index is 1.67. The van der Waals surface area contributed by atoms with Gasteiger partial charge in [0.1, 0.15) is 5.75 Å². The van der Waals surface area contributed by atoms with Crippen LogP contribution in [0, 0.1) is 0 Å². The summed E-state index contributed by atoms with van der Waals surface area (Å²) in [6, 6.07) is 8.05. The topological polar surface area (TPSA) is 49.9 Å². The van der Waals surface area contributed by atoms with E-state index < -0.39 is 0 Å². The van der Waals surface area contributed by atoms with Crippen molar-refractivity contribution < 1.29 is 14.3 Å². The van der Waals surface area contributed by atoms with E-state index in [4.69, 9.17) is 4.74 Å². The molecule has 5 heteroatoms. The summed E-state index contributed by atoms with van der Waals surface area (Å²) in [6.45, 7) is 1.72. The van der Waals surface area contributed by atoms with Crippen LogP contribution in [-0.2, 0) is 9.59 Å². The van der Waals surface area contributed by atoms with E-state index in [0.29, 0.717) is 13.0 Å². The molecule has 2 fully saturated rings. The maximum Gasteiger partial charge on any atom is 0.242 e. The highest BCUT2D eigenvalue weighted by atomic mass is 16.5. The number of hydrogen-bond donors (Lipinski definition) is 0. The van der Waals surface area contributed by atoms with Gasteiger partial charge in [-0.3, -0.25) is 9.59 Å². The lowest BCUT2D eigenvalue weighted by atomic mass is 10.0.